The lowest BCUT2D eigenvalue weighted by Crippen LogP contribution is -2.52. The van der Waals surface area contributed by atoms with Gasteiger partial charge in [-0.25, -0.2) is 0 Å². The molecular formula is C17H24N4O2S. The summed E-state index contributed by atoms with van der Waals surface area (Å²) in [6.45, 7) is 4.86. The van der Waals surface area contributed by atoms with Crippen LogP contribution in [0.15, 0.2) is 17.5 Å². The number of nitrogens with zero attached hydrogens (tertiary/aromatic N) is 4. The summed E-state index contributed by atoms with van der Waals surface area (Å²) in [6.07, 6.45) is 1.30. The highest BCUT2D eigenvalue weighted by molar-refractivity contribution is 7.10. The van der Waals surface area contributed by atoms with Gasteiger partial charge in [-0.3, -0.25) is 14.6 Å². The molecule has 2 aliphatic rings. The van der Waals surface area contributed by atoms with Gasteiger partial charge in [-0.1, -0.05) is 6.07 Å². The van der Waals surface area contributed by atoms with Gasteiger partial charge < -0.3 is 10.0 Å². The summed E-state index contributed by atoms with van der Waals surface area (Å²) in [4.78, 5) is 19.7. The smallest absolute Gasteiger partial charge is 0.236 e. The zero-order chi connectivity index (χ0) is 16.9. The average molecular weight is 348 g/mol. The SMILES string of the molecule is N#C[C@H](c1cccs1)N1CCN(C(=O)CN2CCC(O)CC2)CC1. The number of aliphatic hydroxyl groups excluding tert-OH is 1. The van der Waals surface area contributed by atoms with E-state index in [2.05, 4.69) is 15.9 Å². The molecule has 6 nitrogen and oxygen atoms in total. The van der Waals surface area contributed by atoms with Gasteiger partial charge in [0.2, 0.25) is 5.91 Å². The molecule has 1 aromatic rings. The molecule has 3 rings (SSSR count). The van der Waals surface area contributed by atoms with Crippen LogP contribution in [0.3, 0.4) is 0 Å². The highest BCUT2D eigenvalue weighted by atomic mass is 32.1. The van der Waals surface area contributed by atoms with Crippen molar-refractivity contribution >= 4 is 17.2 Å². The van der Waals surface area contributed by atoms with Crippen molar-refractivity contribution in [1.82, 2.24) is 14.7 Å². The summed E-state index contributed by atoms with van der Waals surface area (Å²) in [5, 5.41) is 21.0. The minimum Gasteiger partial charge on any atom is -0.393 e. The molecule has 0 spiro atoms. The van der Waals surface area contributed by atoms with Crippen LogP contribution in [-0.4, -0.2) is 77.6 Å². The molecule has 24 heavy (non-hydrogen) atoms. The van der Waals surface area contributed by atoms with Crippen molar-refractivity contribution < 1.29 is 9.90 Å². The lowest BCUT2D eigenvalue weighted by molar-refractivity contribution is -0.134. The van der Waals surface area contributed by atoms with E-state index in [0.717, 1.165) is 43.9 Å². The largest absolute Gasteiger partial charge is 0.393 e. The fourth-order valence-electron chi connectivity index (χ4n) is 3.37. The minimum atomic E-state index is -0.208. The van der Waals surface area contributed by atoms with E-state index >= 15 is 0 Å². The van der Waals surface area contributed by atoms with Crippen molar-refractivity contribution in [2.75, 3.05) is 45.8 Å². The van der Waals surface area contributed by atoms with E-state index in [0.29, 0.717) is 19.6 Å². The van der Waals surface area contributed by atoms with Crippen molar-refractivity contribution in [3.8, 4) is 6.07 Å². The van der Waals surface area contributed by atoms with Crippen molar-refractivity contribution in [1.29, 1.82) is 5.26 Å². The summed E-state index contributed by atoms with van der Waals surface area (Å²) in [5.41, 5.74) is 0. The van der Waals surface area contributed by atoms with Gasteiger partial charge in [0.25, 0.3) is 0 Å². The number of thiophene rings is 1. The molecule has 0 unspecified atom stereocenters. The normalized spacial score (nSPS) is 22.2. The Morgan fingerprint density at radius 3 is 2.58 bits per heavy atom. The number of nitriles is 1. The number of hydrogen-bond acceptors (Lipinski definition) is 6. The number of rotatable bonds is 4. The molecular weight excluding hydrogens is 324 g/mol. The van der Waals surface area contributed by atoms with E-state index in [4.69, 9.17) is 0 Å². The lowest BCUT2D eigenvalue weighted by Gasteiger charge is -2.38. The number of carbonyl (C=O) groups is 1. The molecule has 2 fully saturated rings. The number of piperazine rings is 1. The molecule has 0 aromatic carbocycles. The Labute approximate surface area is 146 Å². The van der Waals surface area contributed by atoms with Crippen LogP contribution in [0.2, 0.25) is 0 Å². The highest BCUT2D eigenvalue weighted by Gasteiger charge is 2.28. The van der Waals surface area contributed by atoms with Crippen molar-refractivity contribution in [3.05, 3.63) is 22.4 Å². The third kappa shape index (κ3) is 4.14. The van der Waals surface area contributed by atoms with E-state index in [1.54, 1.807) is 11.3 Å². The average Bonchev–Trinajstić information content (AvgIpc) is 3.12. The monoisotopic (exact) mass is 348 g/mol. The van der Waals surface area contributed by atoms with Crippen LogP contribution in [0.1, 0.15) is 23.8 Å². The van der Waals surface area contributed by atoms with Crippen LogP contribution < -0.4 is 0 Å². The Morgan fingerprint density at radius 2 is 2.00 bits per heavy atom. The van der Waals surface area contributed by atoms with Gasteiger partial charge in [0.05, 0.1) is 18.7 Å². The van der Waals surface area contributed by atoms with Crippen molar-refractivity contribution in [2.24, 2.45) is 0 Å². The Hall–Kier alpha value is -1.46. The summed E-state index contributed by atoms with van der Waals surface area (Å²) in [7, 11) is 0. The number of aliphatic hydroxyl groups is 1. The van der Waals surface area contributed by atoms with Crippen LogP contribution >= 0.6 is 11.3 Å². The third-order valence-electron chi connectivity index (χ3n) is 4.88. The Balaban J connectivity index is 1.48. The first kappa shape index (κ1) is 17.4. The molecule has 0 radical (unpaired) electrons. The number of amides is 1. The van der Waals surface area contributed by atoms with Gasteiger partial charge in [-0.15, -0.1) is 11.3 Å². The van der Waals surface area contributed by atoms with Crippen LogP contribution in [0.5, 0.6) is 0 Å². The lowest BCUT2D eigenvalue weighted by atomic mass is 10.1. The molecule has 2 aliphatic heterocycles. The molecule has 0 saturated carbocycles. The second-order valence-corrected chi connectivity index (χ2v) is 7.45. The van der Waals surface area contributed by atoms with E-state index in [1.807, 2.05) is 22.4 Å². The van der Waals surface area contributed by atoms with Crippen molar-refractivity contribution in [3.63, 3.8) is 0 Å². The molecule has 2 saturated heterocycles. The standard InChI is InChI=1S/C17H24N4O2S/c18-12-15(16-2-1-11-24-16)20-7-9-21(10-8-20)17(23)13-19-5-3-14(22)4-6-19/h1-2,11,14-15,22H,3-10,13H2/t15-/m1/s1. The molecule has 3 heterocycles. The minimum absolute atomic E-state index is 0.163. The number of carbonyl (C=O) groups excluding carboxylic acids is 1. The Bertz CT molecular complexity index is 570. The molecule has 1 aromatic heterocycles. The number of piperidine rings is 1. The van der Waals surface area contributed by atoms with Crippen LogP contribution in [-0.2, 0) is 4.79 Å². The van der Waals surface area contributed by atoms with Crippen LogP contribution in [0.4, 0.5) is 0 Å². The first-order chi connectivity index (χ1) is 11.7. The van der Waals surface area contributed by atoms with Gasteiger partial charge >= 0.3 is 0 Å². The van der Waals surface area contributed by atoms with Crippen LogP contribution in [0, 0.1) is 11.3 Å². The van der Waals surface area contributed by atoms with E-state index < -0.39 is 0 Å². The van der Waals surface area contributed by atoms with E-state index in [-0.39, 0.29) is 18.1 Å². The first-order valence-corrected chi connectivity index (χ1v) is 9.40. The third-order valence-corrected chi connectivity index (χ3v) is 5.81. The highest BCUT2D eigenvalue weighted by Crippen LogP contribution is 2.25. The summed E-state index contributed by atoms with van der Waals surface area (Å²) >= 11 is 1.61. The van der Waals surface area contributed by atoms with Gasteiger partial charge in [-0.05, 0) is 24.3 Å². The zero-order valence-electron chi connectivity index (χ0n) is 13.8. The first-order valence-electron chi connectivity index (χ1n) is 8.52. The predicted octanol–water partition coefficient (Wildman–Crippen LogP) is 0.914. The van der Waals surface area contributed by atoms with Gasteiger partial charge in [0.1, 0.15) is 6.04 Å². The number of hydrogen-bond donors (Lipinski definition) is 1. The maximum Gasteiger partial charge on any atom is 0.236 e. The molecule has 0 bridgehead atoms. The van der Waals surface area contributed by atoms with Gasteiger partial charge in [-0.2, -0.15) is 5.26 Å². The molecule has 1 N–H and O–H groups in total. The topological polar surface area (TPSA) is 70.8 Å². The van der Waals surface area contributed by atoms with Crippen molar-refractivity contribution in [2.45, 2.75) is 25.0 Å². The second-order valence-electron chi connectivity index (χ2n) is 6.47. The number of likely N-dealkylation sites (tertiary alicyclic amines) is 1. The molecule has 1 atom stereocenters. The maximum atomic E-state index is 12.5. The van der Waals surface area contributed by atoms with Crippen LogP contribution in [0.25, 0.3) is 0 Å². The molecule has 130 valence electrons. The van der Waals surface area contributed by atoms with Gasteiger partial charge in [0.15, 0.2) is 0 Å². The summed E-state index contributed by atoms with van der Waals surface area (Å²) < 4.78 is 0. The predicted molar refractivity (Wildman–Crippen MR) is 92.5 cm³/mol. The molecule has 7 heteroatoms. The second kappa shape index (κ2) is 8.08. The summed E-state index contributed by atoms with van der Waals surface area (Å²) in [5.74, 6) is 0.163. The quantitative estimate of drug-likeness (QED) is 0.876. The Morgan fingerprint density at radius 1 is 1.29 bits per heavy atom. The zero-order valence-corrected chi connectivity index (χ0v) is 14.6. The fourth-order valence-corrected chi connectivity index (χ4v) is 4.17. The molecule has 1 amide bonds. The summed E-state index contributed by atoms with van der Waals surface area (Å²) in [6, 6.07) is 6.16. The molecule has 0 aliphatic carbocycles. The fraction of sp³-hybridized carbons (Fsp3) is 0.647. The maximum absolute atomic E-state index is 12.5. The Kier molecular flexibility index (Phi) is 5.85. The van der Waals surface area contributed by atoms with E-state index in [1.165, 1.54) is 0 Å². The van der Waals surface area contributed by atoms with Gasteiger partial charge in [0, 0.05) is 44.1 Å². The van der Waals surface area contributed by atoms with E-state index in [9.17, 15) is 15.2 Å².